The van der Waals surface area contributed by atoms with Crippen molar-refractivity contribution in [2.45, 2.75) is 6.92 Å². The Hall–Kier alpha value is -2.63. The number of hydrogen-bond acceptors (Lipinski definition) is 4. The van der Waals surface area contributed by atoms with E-state index in [9.17, 15) is 14.5 Å². The molecular weight excluding hydrogens is 273 g/mol. The molecule has 0 bridgehead atoms. The van der Waals surface area contributed by atoms with E-state index >= 15 is 0 Å². The lowest BCUT2D eigenvalue weighted by molar-refractivity contribution is -0.383. The zero-order chi connectivity index (χ0) is 15.4. The summed E-state index contributed by atoms with van der Waals surface area (Å²) >= 11 is 0. The molecule has 0 amide bonds. The quantitative estimate of drug-likeness (QED) is 0.669. The van der Waals surface area contributed by atoms with Crippen LogP contribution in [-0.2, 0) is 0 Å². The Morgan fingerprint density at radius 1 is 1.29 bits per heavy atom. The van der Waals surface area contributed by atoms with Crippen LogP contribution in [0.1, 0.15) is 6.92 Å². The van der Waals surface area contributed by atoms with Crippen LogP contribution in [0.3, 0.4) is 0 Å². The van der Waals surface area contributed by atoms with E-state index in [2.05, 4.69) is 5.32 Å². The maximum absolute atomic E-state index is 13.4. The molecule has 0 aromatic heterocycles. The summed E-state index contributed by atoms with van der Waals surface area (Å²) in [5.41, 5.74) is 1.41. The first kappa shape index (κ1) is 14.8. The van der Waals surface area contributed by atoms with E-state index in [0.29, 0.717) is 23.6 Å². The molecule has 0 heterocycles. The summed E-state index contributed by atoms with van der Waals surface area (Å²) in [5, 5.41) is 14.2. The molecule has 1 N–H and O–H groups in total. The fourth-order valence-electron chi connectivity index (χ4n) is 2.28. The van der Waals surface area contributed by atoms with Gasteiger partial charge in [0, 0.05) is 19.3 Å². The minimum atomic E-state index is -0.427. The summed E-state index contributed by atoms with van der Waals surface area (Å²) in [4.78, 5) is 12.7. The van der Waals surface area contributed by atoms with Gasteiger partial charge in [-0.15, -0.1) is 0 Å². The van der Waals surface area contributed by atoms with Crippen LogP contribution in [0.4, 0.5) is 27.1 Å². The standard InChI is InChI=1S/C15H16FN3O2/c1-3-18(12-7-4-6-11(16)10-12)14-9-5-8-13(17-2)15(14)19(20)21/h4-10,17H,3H2,1-2H3. The van der Waals surface area contributed by atoms with Gasteiger partial charge in [0.05, 0.1) is 4.92 Å². The molecule has 21 heavy (non-hydrogen) atoms. The summed E-state index contributed by atoms with van der Waals surface area (Å²) in [6.45, 7) is 2.35. The van der Waals surface area contributed by atoms with Gasteiger partial charge in [0.1, 0.15) is 17.2 Å². The number of hydrogen-bond donors (Lipinski definition) is 1. The van der Waals surface area contributed by atoms with Crippen LogP contribution in [0.15, 0.2) is 42.5 Å². The van der Waals surface area contributed by atoms with Gasteiger partial charge in [-0.05, 0) is 37.3 Å². The molecule has 0 saturated heterocycles. The van der Waals surface area contributed by atoms with Crippen molar-refractivity contribution in [2.24, 2.45) is 0 Å². The molecule has 5 nitrogen and oxygen atoms in total. The van der Waals surface area contributed by atoms with Gasteiger partial charge in [0.15, 0.2) is 0 Å². The summed E-state index contributed by atoms with van der Waals surface area (Å²) in [6.07, 6.45) is 0. The Morgan fingerprint density at radius 2 is 2.00 bits per heavy atom. The van der Waals surface area contributed by atoms with Gasteiger partial charge in [0.2, 0.25) is 0 Å². The molecule has 2 aromatic carbocycles. The zero-order valence-corrected chi connectivity index (χ0v) is 11.8. The molecule has 0 unspecified atom stereocenters. The maximum atomic E-state index is 13.4. The third kappa shape index (κ3) is 2.94. The second-order valence-corrected chi connectivity index (χ2v) is 4.40. The monoisotopic (exact) mass is 289 g/mol. The van der Waals surface area contributed by atoms with Crippen LogP contribution in [-0.4, -0.2) is 18.5 Å². The van der Waals surface area contributed by atoms with E-state index in [-0.39, 0.29) is 11.5 Å². The smallest absolute Gasteiger partial charge is 0.315 e. The van der Waals surface area contributed by atoms with Gasteiger partial charge in [-0.25, -0.2) is 4.39 Å². The van der Waals surface area contributed by atoms with Gasteiger partial charge < -0.3 is 10.2 Å². The van der Waals surface area contributed by atoms with E-state index in [4.69, 9.17) is 0 Å². The van der Waals surface area contributed by atoms with E-state index in [1.54, 1.807) is 42.3 Å². The SMILES string of the molecule is CCN(c1cccc(F)c1)c1cccc(NC)c1[N+](=O)[O-]. The summed E-state index contributed by atoms with van der Waals surface area (Å²) in [5.74, 6) is -0.377. The number of nitro benzene ring substituents is 1. The van der Waals surface area contributed by atoms with Crippen molar-refractivity contribution in [3.8, 4) is 0 Å². The Bertz CT molecular complexity index is 661. The lowest BCUT2D eigenvalue weighted by Crippen LogP contribution is -2.18. The number of para-hydroxylation sites is 1. The van der Waals surface area contributed by atoms with Crippen LogP contribution in [0.2, 0.25) is 0 Å². The number of halogens is 1. The van der Waals surface area contributed by atoms with E-state index in [1.165, 1.54) is 12.1 Å². The molecule has 0 fully saturated rings. The third-order valence-electron chi connectivity index (χ3n) is 3.19. The van der Waals surface area contributed by atoms with Crippen molar-refractivity contribution in [3.05, 3.63) is 58.4 Å². The molecular formula is C15H16FN3O2. The van der Waals surface area contributed by atoms with Gasteiger partial charge in [0.25, 0.3) is 0 Å². The van der Waals surface area contributed by atoms with Crippen molar-refractivity contribution in [1.82, 2.24) is 0 Å². The summed E-state index contributed by atoms with van der Waals surface area (Å²) in [6, 6.07) is 11.0. The fraction of sp³-hybridized carbons (Fsp3) is 0.200. The van der Waals surface area contributed by atoms with Crippen LogP contribution in [0.25, 0.3) is 0 Å². The highest BCUT2D eigenvalue weighted by Gasteiger charge is 2.23. The molecule has 0 aliphatic carbocycles. The number of nitro groups is 1. The maximum Gasteiger partial charge on any atom is 0.315 e. The Labute approximate surface area is 122 Å². The van der Waals surface area contributed by atoms with Gasteiger partial charge in [-0.3, -0.25) is 10.1 Å². The van der Waals surface area contributed by atoms with Gasteiger partial charge in [-0.2, -0.15) is 0 Å². The number of benzene rings is 2. The Kier molecular flexibility index (Phi) is 4.37. The zero-order valence-electron chi connectivity index (χ0n) is 11.8. The second kappa shape index (κ2) is 6.21. The topological polar surface area (TPSA) is 58.4 Å². The first-order valence-corrected chi connectivity index (χ1v) is 6.56. The number of rotatable bonds is 5. The molecule has 0 radical (unpaired) electrons. The average Bonchev–Trinajstić information content (AvgIpc) is 2.47. The lowest BCUT2D eigenvalue weighted by Gasteiger charge is -2.23. The van der Waals surface area contributed by atoms with Gasteiger partial charge in [-0.1, -0.05) is 12.1 Å². The largest absolute Gasteiger partial charge is 0.382 e. The summed E-state index contributed by atoms with van der Waals surface area (Å²) < 4.78 is 13.4. The fourth-order valence-corrected chi connectivity index (χ4v) is 2.28. The van der Waals surface area contributed by atoms with E-state index in [0.717, 1.165) is 0 Å². The van der Waals surface area contributed by atoms with E-state index < -0.39 is 4.92 Å². The second-order valence-electron chi connectivity index (χ2n) is 4.40. The Morgan fingerprint density at radius 3 is 2.57 bits per heavy atom. The molecule has 2 aromatic rings. The lowest BCUT2D eigenvalue weighted by atomic mass is 10.2. The van der Waals surface area contributed by atoms with Crippen molar-refractivity contribution in [3.63, 3.8) is 0 Å². The highest BCUT2D eigenvalue weighted by Crippen LogP contribution is 2.38. The van der Waals surface area contributed by atoms with Crippen molar-refractivity contribution in [1.29, 1.82) is 0 Å². The van der Waals surface area contributed by atoms with Crippen molar-refractivity contribution >= 4 is 22.7 Å². The molecule has 0 aliphatic heterocycles. The molecule has 0 saturated carbocycles. The molecule has 110 valence electrons. The molecule has 2 rings (SSSR count). The van der Waals surface area contributed by atoms with Crippen molar-refractivity contribution < 1.29 is 9.31 Å². The predicted octanol–water partition coefficient (Wildman–Crippen LogP) is 3.93. The van der Waals surface area contributed by atoms with Crippen LogP contribution in [0, 0.1) is 15.9 Å². The highest BCUT2D eigenvalue weighted by molar-refractivity contribution is 5.81. The van der Waals surface area contributed by atoms with E-state index in [1.807, 2.05) is 6.92 Å². The third-order valence-corrected chi connectivity index (χ3v) is 3.19. The average molecular weight is 289 g/mol. The molecule has 0 aliphatic rings. The number of nitrogens with zero attached hydrogens (tertiary/aromatic N) is 2. The predicted molar refractivity (Wildman–Crippen MR) is 81.7 cm³/mol. The minimum absolute atomic E-state index is 0.0221. The minimum Gasteiger partial charge on any atom is -0.382 e. The normalized spacial score (nSPS) is 10.2. The highest BCUT2D eigenvalue weighted by atomic mass is 19.1. The number of anilines is 3. The van der Waals surface area contributed by atoms with Crippen LogP contribution in [0.5, 0.6) is 0 Å². The van der Waals surface area contributed by atoms with Gasteiger partial charge >= 0.3 is 5.69 Å². The number of nitrogens with one attached hydrogen (secondary N) is 1. The first-order chi connectivity index (χ1) is 10.1. The molecule has 6 heteroatoms. The van der Waals surface area contributed by atoms with Crippen LogP contribution >= 0.6 is 0 Å². The molecule has 0 atom stereocenters. The van der Waals surface area contributed by atoms with Crippen LogP contribution < -0.4 is 10.2 Å². The first-order valence-electron chi connectivity index (χ1n) is 6.56. The molecule has 0 spiro atoms. The summed E-state index contributed by atoms with van der Waals surface area (Å²) in [7, 11) is 1.63. The Balaban J connectivity index is 2.60. The van der Waals surface area contributed by atoms with Crippen molar-refractivity contribution in [2.75, 3.05) is 23.8 Å².